The maximum Gasteiger partial charge on any atom is 0.254 e. The number of aromatic nitrogens is 1. The van der Waals surface area contributed by atoms with E-state index >= 15 is 0 Å². The molecule has 8 nitrogen and oxygen atoms in total. The van der Waals surface area contributed by atoms with E-state index in [4.69, 9.17) is 5.73 Å². The molecule has 0 saturated carbocycles. The minimum Gasteiger partial charge on any atom is -0.387 e. The second-order valence-corrected chi connectivity index (χ2v) is 8.48. The zero-order valence-corrected chi connectivity index (χ0v) is 19.1. The number of anilines is 1. The normalized spacial score (nSPS) is 12.8. The maximum atomic E-state index is 13.1. The lowest BCUT2D eigenvalue weighted by Crippen LogP contribution is -2.54. The molecule has 0 radical (unpaired) electrons. The van der Waals surface area contributed by atoms with Gasteiger partial charge in [0.15, 0.2) is 0 Å². The fourth-order valence-electron chi connectivity index (χ4n) is 3.85. The van der Waals surface area contributed by atoms with E-state index in [1.54, 1.807) is 25.2 Å². The number of primary amides is 1. The Morgan fingerprint density at radius 2 is 1.67 bits per heavy atom. The highest BCUT2D eigenvalue weighted by atomic mass is 16.2. The van der Waals surface area contributed by atoms with E-state index < -0.39 is 23.9 Å². The van der Waals surface area contributed by atoms with Crippen molar-refractivity contribution in [3.63, 3.8) is 0 Å². The topological polar surface area (TPSA) is 129 Å². The standard InChI is InChI=1S/C25H31N5O3/c1-15(2)12-22(30-24(32)18-9-5-6-10-19(18)27-3)25(33)29-21(23(26)31)13-16-14-28-20-11-7-4-8-17(16)20/h4-11,14-15,21-22,27-28H,12-13H2,1-3H3,(H2,26,31)(H,29,33)(H,30,32)/t21-,22-/m0/s1. The van der Waals surface area contributed by atoms with Crippen molar-refractivity contribution in [1.29, 1.82) is 0 Å². The minimum absolute atomic E-state index is 0.140. The van der Waals surface area contributed by atoms with Gasteiger partial charge in [-0.2, -0.15) is 0 Å². The maximum absolute atomic E-state index is 13.1. The first-order valence-electron chi connectivity index (χ1n) is 11.0. The van der Waals surface area contributed by atoms with Crippen LogP contribution in [0.25, 0.3) is 10.9 Å². The monoisotopic (exact) mass is 449 g/mol. The summed E-state index contributed by atoms with van der Waals surface area (Å²) in [5.41, 5.74) is 8.53. The summed E-state index contributed by atoms with van der Waals surface area (Å²) in [5.74, 6) is -1.30. The van der Waals surface area contributed by atoms with Gasteiger partial charge in [0.2, 0.25) is 11.8 Å². The van der Waals surface area contributed by atoms with Crippen LogP contribution in [-0.2, 0) is 16.0 Å². The molecule has 0 spiro atoms. The fourth-order valence-corrected chi connectivity index (χ4v) is 3.85. The number of para-hydroxylation sites is 2. The summed E-state index contributed by atoms with van der Waals surface area (Å²) in [5, 5.41) is 9.52. The Balaban J connectivity index is 1.77. The highest BCUT2D eigenvalue weighted by Gasteiger charge is 2.28. The fraction of sp³-hybridized carbons (Fsp3) is 0.320. The molecule has 0 unspecified atom stereocenters. The van der Waals surface area contributed by atoms with Gasteiger partial charge in [-0.05, 0) is 36.1 Å². The summed E-state index contributed by atoms with van der Waals surface area (Å²) in [4.78, 5) is 41.4. The Morgan fingerprint density at radius 3 is 2.36 bits per heavy atom. The van der Waals surface area contributed by atoms with Crippen molar-refractivity contribution < 1.29 is 14.4 Å². The van der Waals surface area contributed by atoms with Crippen LogP contribution in [0.1, 0.15) is 36.2 Å². The molecule has 0 fully saturated rings. The zero-order chi connectivity index (χ0) is 24.0. The first-order valence-corrected chi connectivity index (χ1v) is 11.0. The summed E-state index contributed by atoms with van der Waals surface area (Å²) < 4.78 is 0. The molecule has 0 saturated heterocycles. The molecule has 1 aromatic heterocycles. The van der Waals surface area contributed by atoms with Crippen molar-refractivity contribution in [2.75, 3.05) is 12.4 Å². The van der Waals surface area contributed by atoms with Crippen LogP contribution >= 0.6 is 0 Å². The van der Waals surface area contributed by atoms with Gasteiger partial charge in [-0.15, -0.1) is 0 Å². The molecule has 8 heteroatoms. The first kappa shape index (κ1) is 23.8. The van der Waals surface area contributed by atoms with E-state index in [-0.39, 0.29) is 18.2 Å². The Bertz CT molecular complexity index is 1140. The Labute approximate surface area is 193 Å². The van der Waals surface area contributed by atoms with Crippen LogP contribution in [0, 0.1) is 5.92 Å². The average Bonchev–Trinajstić information content (AvgIpc) is 3.20. The Kier molecular flexibility index (Phi) is 7.71. The third kappa shape index (κ3) is 5.91. The Morgan fingerprint density at radius 1 is 0.970 bits per heavy atom. The number of aromatic amines is 1. The molecule has 6 N–H and O–H groups in total. The zero-order valence-electron chi connectivity index (χ0n) is 19.1. The van der Waals surface area contributed by atoms with Crippen LogP contribution in [-0.4, -0.2) is 41.8 Å². The molecule has 0 aliphatic rings. The molecule has 3 amide bonds. The van der Waals surface area contributed by atoms with Gasteiger partial charge < -0.3 is 26.7 Å². The SMILES string of the molecule is CNc1ccccc1C(=O)N[C@@H](CC(C)C)C(=O)N[C@@H](Cc1c[nH]c2ccccc12)C(N)=O. The van der Waals surface area contributed by atoms with Crippen molar-refractivity contribution in [3.8, 4) is 0 Å². The van der Waals surface area contributed by atoms with Gasteiger partial charge in [-0.1, -0.05) is 44.2 Å². The van der Waals surface area contributed by atoms with E-state index in [9.17, 15) is 14.4 Å². The number of nitrogens with two attached hydrogens (primary N) is 1. The quantitative estimate of drug-likeness (QED) is 0.326. The molecule has 0 aliphatic carbocycles. The molecule has 3 aromatic rings. The van der Waals surface area contributed by atoms with Gasteiger partial charge in [0.05, 0.1) is 5.56 Å². The lowest BCUT2D eigenvalue weighted by atomic mass is 10.0. The van der Waals surface area contributed by atoms with Gasteiger partial charge in [-0.3, -0.25) is 14.4 Å². The number of carbonyl (C=O) groups excluding carboxylic acids is 3. The second kappa shape index (κ2) is 10.7. The molecule has 174 valence electrons. The van der Waals surface area contributed by atoms with Gasteiger partial charge in [0.1, 0.15) is 12.1 Å². The van der Waals surface area contributed by atoms with Gasteiger partial charge >= 0.3 is 0 Å². The lowest BCUT2D eigenvalue weighted by Gasteiger charge is -2.23. The predicted molar refractivity (Wildman–Crippen MR) is 130 cm³/mol. The van der Waals surface area contributed by atoms with Crippen LogP contribution in [0.2, 0.25) is 0 Å². The van der Waals surface area contributed by atoms with Crippen molar-refractivity contribution in [2.45, 2.75) is 38.8 Å². The van der Waals surface area contributed by atoms with Crippen molar-refractivity contribution >= 4 is 34.3 Å². The number of hydrogen-bond acceptors (Lipinski definition) is 4. The Hall–Kier alpha value is -3.81. The average molecular weight is 450 g/mol. The highest BCUT2D eigenvalue weighted by Crippen LogP contribution is 2.19. The second-order valence-electron chi connectivity index (χ2n) is 8.48. The third-order valence-electron chi connectivity index (χ3n) is 5.53. The molecular formula is C25H31N5O3. The van der Waals surface area contributed by atoms with Gasteiger partial charge in [-0.25, -0.2) is 0 Å². The number of fused-ring (bicyclic) bond motifs is 1. The molecule has 0 aliphatic heterocycles. The summed E-state index contributed by atoms with van der Waals surface area (Å²) in [6, 6.07) is 13.1. The number of amides is 3. The molecule has 2 aromatic carbocycles. The summed E-state index contributed by atoms with van der Waals surface area (Å²) in [6.07, 6.45) is 2.47. The molecule has 2 atom stereocenters. The molecule has 3 rings (SSSR count). The van der Waals surface area contributed by atoms with Crippen molar-refractivity contribution in [1.82, 2.24) is 15.6 Å². The number of carbonyl (C=O) groups is 3. The number of benzene rings is 2. The number of H-pyrrole nitrogens is 1. The van der Waals surface area contributed by atoms with Crippen molar-refractivity contribution in [2.24, 2.45) is 11.7 Å². The summed E-state index contributed by atoms with van der Waals surface area (Å²) in [6.45, 7) is 3.93. The first-order chi connectivity index (χ1) is 15.8. The summed E-state index contributed by atoms with van der Waals surface area (Å²) >= 11 is 0. The van der Waals surface area contributed by atoms with Crippen LogP contribution in [0.15, 0.2) is 54.7 Å². The van der Waals surface area contributed by atoms with Crippen LogP contribution in [0.4, 0.5) is 5.69 Å². The van der Waals surface area contributed by atoms with Crippen LogP contribution < -0.4 is 21.7 Å². The van der Waals surface area contributed by atoms with Crippen LogP contribution in [0.5, 0.6) is 0 Å². The third-order valence-corrected chi connectivity index (χ3v) is 5.53. The van der Waals surface area contributed by atoms with E-state index in [0.717, 1.165) is 16.5 Å². The molecule has 1 heterocycles. The molecule has 33 heavy (non-hydrogen) atoms. The number of rotatable bonds is 10. The predicted octanol–water partition coefficient (Wildman–Crippen LogP) is 2.57. The minimum atomic E-state index is -0.909. The largest absolute Gasteiger partial charge is 0.387 e. The number of hydrogen-bond donors (Lipinski definition) is 5. The smallest absolute Gasteiger partial charge is 0.254 e. The highest BCUT2D eigenvalue weighted by molar-refractivity contribution is 6.02. The van der Waals surface area contributed by atoms with Gasteiger partial charge in [0, 0.05) is 36.3 Å². The van der Waals surface area contributed by atoms with Crippen molar-refractivity contribution in [3.05, 3.63) is 65.9 Å². The van der Waals surface area contributed by atoms with E-state index in [1.807, 2.05) is 50.4 Å². The van der Waals surface area contributed by atoms with E-state index in [2.05, 4.69) is 20.9 Å². The van der Waals surface area contributed by atoms with E-state index in [1.165, 1.54) is 0 Å². The summed E-state index contributed by atoms with van der Waals surface area (Å²) in [7, 11) is 1.73. The van der Waals surface area contributed by atoms with Gasteiger partial charge in [0.25, 0.3) is 5.91 Å². The van der Waals surface area contributed by atoms with E-state index in [0.29, 0.717) is 17.7 Å². The van der Waals surface area contributed by atoms with Crippen LogP contribution in [0.3, 0.4) is 0 Å². The lowest BCUT2D eigenvalue weighted by molar-refractivity contribution is -0.128. The molecular weight excluding hydrogens is 418 g/mol. The number of nitrogens with one attached hydrogen (secondary N) is 4. The molecule has 0 bridgehead atoms.